The maximum atomic E-state index is 11.9. The van der Waals surface area contributed by atoms with Crippen molar-refractivity contribution in [1.29, 1.82) is 0 Å². The molecule has 28 heavy (non-hydrogen) atoms. The fourth-order valence-corrected chi connectivity index (χ4v) is 3.64. The van der Waals surface area contributed by atoms with Crippen LogP contribution in [0.1, 0.15) is 12.8 Å². The van der Waals surface area contributed by atoms with Crippen molar-refractivity contribution in [3.8, 4) is 22.8 Å². The lowest BCUT2D eigenvalue weighted by molar-refractivity contribution is -0.125. The first-order valence-electron chi connectivity index (χ1n) is 9.17. The second-order valence-electron chi connectivity index (χ2n) is 6.68. The van der Waals surface area contributed by atoms with Gasteiger partial charge in [0.05, 0.1) is 5.56 Å². The molecule has 1 aliphatic rings. The van der Waals surface area contributed by atoms with Crippen molar-refractivity contribution in [3.63, 3.8) is 0 Å². The van der Waals surface area contributed by atoms with E-state index in [2.05, 4.69) is 25.3 Å². The molecule has 0 atom stereocenters. The molecule has 0 bridgehead atoms. The first kappa shape index (κ1) is 18.4. The van der Waals surface area contributed by atoms with Gasteiger partial charge < -0.3 is 14.7 Å². The third-order valence-electron chi connectivity index (χ3n) is 4.94. The maximum absolute atomic E-state index is 11.9. The molecule has 0 saturated carbocycles. The van der Waals surface area contributed by atoms with E-state index in [1.54, 1.807) is 25.4 Å². The number of halogens is 1. The number of nitrogens with one attached hydrogen (secondary N) is 1. The van der Waals surface area contributed by atoms with Gasteiger partial charge in [-0.05, 0) is 37.1 Å². The third kappa shape index (κ3) is 3.71. The van der Waals surface area contributed by atoms with E-state index in [1.807, 2.05) is 24.3 Å². The molecule has 4 rings (SSSR count). The van der Waals surface area contributed by atoms with E-state index < -0.39 is 0 Å². The van der Waals surface area contributed by atoms with Crippen LogP contribution in [0.15, 0.2) is 47.1 Å². The number of carbonyl (C=O) groups excluding carboxylic acids is 1. The molecular formula is C20H20ClN5O2. The highest BCUT2D eigenvalue weighted by Gasteiger charge is 2.27. The minimum Gasteiger partial charge on any atom is -0.359 e. The Morgan fingerprint density at radius 3 is 2.82 bits per heavy atom. The summed E-state index contributed by atoms with van der Waals surface area (Å²) in [6.07, 6.45) is 3.32. The lowest BCUT2D eigenvalue weighted by Gasteiger charge is -2.32. The van der Waals surface area contributed by atoms with Crippen molar-refractivity contribution >= 4 is 23.3 Å². The summed E-state index contributed by atoms with van der Waals surface area (Å²) in [4.78, 5) is 23.1. The second kappa shape index (κ2) is 7.98. The summed E-state index contributed by atoms with van der Waals surface area (Å²) in [6, 6.07) is 11.1. The van der Waals surface area contributed by atoms with Gasteiger partial charge in [-0.15, -0.1) is 0 Å². The predicted octanol–water partition coefficient (Wildman–Crippen LogP) is 3.41. The zero-order valence-electron chi connectivity index (χ0n) is 15.4. The van der Waals surface area contributed by atoms with E-state index in [0.29, 0.717) is 16.7 Å². The molecule has 0 aliphatic carbocycles. The number of anilines is 1. The molecule has 0 radical (unpaired) electrons. The Labute approximate surface area is 167 Å². The first-order valence-corrected chi connectivity index (χ1v) is 9.55. The summed E-state index contributed by atoms with van der Waals surface area (Å²) in [5.41, 5.74) is 1.57. The van der Waals surface area contributed by atoms with E-state index in [4.69, 9.17) is 16.1 Å². The molecular weight excluding hydrogens is 378 g/mol. The highest BCUT2D eigenvalue weighted by Crippen LogP contribution is 2.32. The van der Waals surface area contributed by atoms with Crippen LogP contribution < -0.4 is 10.2 Å². The minimum absolute atomic E-state index is 0.0475. The molecule has 0 unspecified atom stereocenters. The molecule has 0 spiro atoms. The van der Waals surface area contributed by atoms with Gasteiger partial charge in [-0.3, -0.25) is 4.79 Å². The van der Waals surface area contributed by atoms with Crippen molar-refractivity contribution < 1.29 is 9.32 Å². The van der Waals surface area contributed by atoms with E-state index in [1.165, 1.54) is 0 Å². The largest absolute Gasteiger partial charge is 0.359 e. The molecule has 3 aromatic rings. The molecule has 1 saturated heterocycles. The fourth-order valence-electron chi connectivity index (χ4n) is 3.45. The summed E-state index contributed by atoms with van der Waals surface area (Å²) in [6.45, 7) is 1.49. The first-order chi connectivity index (χ1) is 13.7. The lowest BCUT2D eigenvalue weighted by Crippen LogP contribution is -2.40. The maximum Gasteiger partial charge on any atom is 0.261 e. The Morgan fingerprint density at radius 1 is 1.25 bits per heavy atom. The summed E-state index contributed by atoms with van der Waals surface area (Å²) in [5, 5.41) is 7.44. The van der Waals surface area contributed by atoms with Crippen LogP contribution in [0.4, 0.5) is 5.82 Å². The van der Waals surface area contributed by atoms with E-state index in [9.17, 15) is 4.79 Å². The second-order valence-corrected chi connectivity index (χ2v) is 7.12. The quantitative estimate of drug-likeness (QED) is 0.726. The Morgan fingerprint density at radius 2 is 2.07 bits per heavy atom. The van der Waals surface area contributed by atoms with E-state index in [0.717, 1.165) is 42.9 Å². The Kier molecular flexibility index (Phi) is 5.25. The van der Waals surface area contributed by atoms with Gasteiger partial charge >= 0.3 is 0 Å². The van der Waals surface area contributed by atoms with Gasteiger partial charge in [-0.2, -0.15) is 4.98 Å². The number of aromatic nitrogens is 3. The van der Waals surface area contributed by atoms with Crippen molar-refractivity contribution in [3.05, 3.63) is 47.6 Å². The molecule has 3 heterocycles. The molecule has 8 heteroatoms. The number of nitrogens with zero attached hydrogens (tertiary/aromatic N) is 4. The van der Waals surface area contributed by atoms with Crippen LogP contribution in [-0.2, 0) is 4.79 Å². The summed E-state index contributed by atoms with van der Waals surface area (Å²) >= 11 is 6.06. The normalized spacial score (nSPS) is 14.9. The number of hydrogen-bond donors (Lipinski definition) is 1. The van der Waals surface area contributed by atoms with Gasteiger partial charge in [0.1, 0.15) is 5.82 Å². The van der Waals surface area contributed by atoms with Gasteiger partial charge in [0.25, 0.3) is 5.89 Å². The van der Waals surface area contributed by atoms with Crippen molar-refractivity contribution in [2.75, 3.05) is 25.0 Å². The highest BCUT2D eigenvalue weighted by atomic mass is 35.5. The third-order valence-corrected chi connectivity index (χ3v) is 5.17. The van der Waals surface area contributed by atoms with E-state index in [-0.39, 0.29) is 11.8 Å². The number of rotatable bonds is 4. The smallest absolute Gasteiger partial charge is 0.261 e. The number of benzene rings is 1. The Balaban J connectivity index is 1.58. The van der Waals surface area contributed by atoms with Gasteiger partial charge in [-0.1, -0.05) is 28.9 Å². The van der Waals surface area contributed by atoms with Crippen molar-refractivity contribution in [2.45, 2.75) is 12.8 Å². The zero-order valence-corrected chi connectivity index (χ0v) is 16.2. The number of amides is 1. The van der Waals surface area contributed by atoms with Gasteiger partial charge in [0, 0.05) is 42.8 Å². The molecule has 1 aromatic carbocycles. The monoisotopic (exact) mass is 397 g/mol. The van der Waals surface area contributed by atoms with Crippen LogP contribution in [0.25, 0.3) is 22.8 Å². The summed E-state index contributed by atoms with van der Waals surface area (Å²) in [5.74, 6) is 1.83. The molecule has 1 fully saturated rings. The number of carbonyl (C=O) groups is 1. The molecule has 7 nitrogen and oxygen atoms in total. The molecule has 2 aromatic heterocycles. The van der Waals surface area contributed by atoms with Gasteiger partial charge in [0.2, 0.25) is 11.7 Å². The standard InChI is InChI=1S/C20H20ClN5O2/c1-22-19(27)13-7-10-26(11-8-13)18-16(6-3-9-23-18)20-24-17(25-28-20)14-4-2-5-15(21)12-14/h2-6,9,12-13H,7-8,10-11H2,1H3,(H,22,27). The van der Waals surface area contributed by atoms with Gasteiger partial charge in [0.15, 0.2) is 0 Å². The SMILES string of the molecule is CNC(=O)C1CCN(c2ncccc2-c2nc(-c3cccc(Cl)c3)no2)CC1. The Hall–Kier alpha value is -2.93. The molecule has 144 valence electrons. The van der Waals surface area contributed by atoms with Crippen LogP contribution in [0, 0.1) is 5.92 Å². The predicted molar refractivity (Wildman–Crippen MR) is 107 cm³/mol. The molecule has 1 N–H and O–H groups in total. The number of piperidine rings is 1. The van der Waals surface area contributed by atoms with Crippen LogP contribution >= 0.6 is 11.6 Å². The average Bonchev–Trinajstić information content (AvgIpc) is 3.23. The molecule has 1 aliphatic heterocycles. The zero-order chi connectivity index (χ0) is 19.5. The van der Waals surface area contributed by atoms with Gasteiger partial charge in [-0.25, -0.2) is 4.98 Å². The van der Waals surface area contributed by atoms with Crippen LogP contribution in [0.2, 0.25) is 5.02 Å². The average molecular weight is 398 g/mol. The summed E-state index contributed by atoms with van der Waals surface area (Å²) in [7, 11) is 1.68. The fraction of sp³-hybridized carbons (Fsp3) is 0.300. The lowest BCUT2D eigenvalue weighted by atomic mass is 9.95. The van der Waals surface area contributed by atoms with Crippen molar-refractivity contribution in [2.24, 2.45) is 5.92 Å². The Bertz CT molecular complexity index is 982. The van der Waals surface area contributed by atoms with Crippen molar-refractivity contribution in [1.82, 2.24) is 20.4 Å². The number of pyridine rings is 1. The number of hydrogen-bond acceptors (Lipinski definition) is 6. The summed E-state index contributed by atoms with van der Waals surface area (Å²) < 4.78 is 5.52. The minimum atomic E-state index is 0.0475. The van der Waals surface area contributed by atoms with E-state index >= 15 is 0 Å². The molecule has 1 amide bonds. The van der Waals surface area contributed by atoms with Crippen LogP contribution in [0.5, 0.6) is 0 Å². The highest BCUT2D eigenvalue weighted by molar-refractivity contribution is 6.30. The van der Waals surface area contributed by atoms with Crippen LogP contribution in [-0.4, -0.2) is 41.2 Å². The van der Waals surface area contributed by atoms with Crippen LogP contribution in [0.3, 0.4) is 0 Å². The topological polar surface area (TPSA) is 84.2 Å².